The molecule has 0 amide bonds. The van der Waals surface area contributed by atoms with E-state index in [-0.39, 0.29) is 5.75 Å². The SMILES string of the molecule is Cc1cccnc1N=Cc1cc(Br)cc(Br)c1O. The lowest BCUT2D eigenvalue weighted by Crippen LogP contribution is -1.86. The van der Waals surface area contributed by atoms with Crippen LogP contribution in [0.5, 0.6) is 5.75 Å². The van der Waals surface area contributed by atoms with Crippen LogP contribution in [0, 0.1) is 6.92 Å². The van der Waals surface area contributed by atoms with Crippen LogP contribution in [0.1, 0.15) is 11.1 Å². The maximum atomic E-state index is 9.89. The highest BCUT2D eigenvalue weighted by molar-refractivity contribution is 9.11. The number of phenols is 1. The number of aromatic hydroxyl groups is 1. The van der Waals surface area contributed by atoms with Crippen molar-refractivity contribution in [1.82, 2.24) is 4.98 Å². The van der Waals surface area contributed by atoms with Gasteiger partial charge in [0.15, 0.2) is 5.82 Å². The van der Waals surface area contributed by atoms with Gasteiger partial charge in [0.2, 0.25) is 0 Å². The smallest absolute Gasteiger partial charge is 0.154 e. The molecule has 0 saturated heterocycles. The first kappa shape index (κ1) is 13.2. The van der Waals surface area contributed by atoms with Crippen molar-refractivity contribution in [1.29, 1.82) is 0 Å². The number of aromatic nitrogens is 1. The van der Waals surface area contributed by atoms with E-state index >= 15 is 0 Å². The van der Waals surface area contributed by atoms with E-state index in [2.05, 4.69) is 41.8 Å². The Kier molecular flexibility index (Phi) is 4.14. The zero-order chi connectivity index (χ0) is 13.1. The lowest BCUT2D eigenvalue weighted by molar-refractivity contribution is 0.471. The molecule has 0 aliphatic carbocycles. The number of aliphatic imine (C=N–C) groups is 1. The second kappa shape index (κ2) is 5.63. The largest absolute Gasteiger partial charge is 0.506 e. The molecule has 1 N–H and O–H groups in total. The third kappa shape index (κ3) is 2.97. The van der Waals surface area contributed by atoms with Gasteiger partial charge in [-0.15, -0.1) is 0 Å². The molecule has 1 aromatic heterocycles. The summed E-state index contributed by atoms with van der Waals surface area (Å²) >= 11 is 6.65. The van der Waals surface area contributed by atoms with Crippen LogP contribution in [-0.2, 0) is 0 Å². The van der Waals surface area contributed by atoms with Crippen molar-refractivity contribution in [2.75, 3.05) is 0 Å². The molecule has 3 nitrogen and oxygen atoms in total. The van der Waals surface area contributed by atoms with Gasteiger partial charge in [0.1, 0.15) is 5.75 Å². The van der Waals surface area contributed by atoms with Crippen molar-refractivity contribution in [2.45, 2.75) is 6.92 Å². The van der Waals surface area contributed by atoms with Crippen LogP contribution in [0.3, 0.4) is 0 Å². The summed E-state index contributed by atoms with van der Waals surface area (Å²) in [4.78, 5) is 8.45. The van der Waals surface area contributed by atoms with Crippen LogP contribution >= 0.6 is 31.9 Å². The minimum atomic E-state index is 0.163. The first-order chi connectivity index (χ1) is 8.58. The zero-order valence-electron chi connectivity index (χ0n) is 9.56. The summed E-state index contributed by atoms with van der Waals surface area (Å²) in [5.74, 6) is 0.809. The van der Waals surface area contributed by atoms with E-state index in [1.54, 1.807) is 24.5 Å². The van der Waals surface area contributed by atoms with Crippen LogP contribution < -0.4 is 0 Å². The number of hydrogen-bond acceptors (Lipinski definition) is 3. The first-order valence-electron chi connectivity index (χ1n) is 5.21. The van der Waals surface area contributed by atoms with Crippen molar-refractivity contribution in [3.63, 3.8) is 0 Å². The molecule has 5 heteroatoms. The van der Waals surface area contributed by atoms with Crippen LogP contribution in [0.25, 0.3) is 0 Å². The average Bonchev–Trinajstić information content (AvgIpc) is 2.33. The third-order valence-corrected chi connectivity index (χ3v) is 3.43. The lowest BCUT2D eigenvalue weighted by atomic mass is 10.2. The summed E-state index contributed by atoms with van der Waals surface area (Å²) in [6.07, 6.45) is 3.29. The first-order valence-corrected chi connectivity index (χ1v) is 6.80. The van der Waals surface area contributed by atoms with E-state index in [4.69, 9.17) is 0 Å². The van der Waals surface area contributed by atoms with Crippen LogP contribution in [-0.4, -0.2) is 16.3 Å². The summed E-state index contributed by atoms with van der Waals surface area (Å²) in [7, 11) is 0. The molecule has 0 atom stereocenters. The van der Waals surface area contributed by atoms with Gasteiger partial charge in [-0.2, -0.15) is 0 Å². The fourth-order valence-electron chi connectivity index (χ4n) is 1.43. The quantitative estimate of drug-likeness (QED) is 0.798. The number of halogens is 2. The number of pyridine rings is 1. The number of benzene rings is 1. The van der Waals surface area contributed by atoms with Gasteiger partial charge < -0.3 is 5.11 Å². The Morgan fingerprint density at radius 3 is 2.83 bits per heavy atom. The van der Waals surface area contributed by atoms with Gasteiger partial charge in [-0.1, -0.05) is 22.0 Å². The van der Waals surface area contributed by atoms with Gasteiger partial charge in [0.25, 0.3) is 0 Å². The van der Waals surface area contributed by atoms with Gasteiger partial charge in [-0.25, -0.2) is 9.98 Å². The molecule has 0 aliphatic rings. The zero-order valence-corrected chi connectivity index (χ0v) is 12.7. The molecule has 0 unspecified atom stereocenters. The second-order valence-corrected chi connectivity index (χ2v) is 5.50. The van der Waals surface area contributed by atoms with Crippen molar-refractivity contribution < 1.29 is 5.11 Å². The summed E-state index contributed by atoms with van der Waals surface area (Å²) in [6.45, 7) is 1.94. The third-order valence-electron chi connectivity index (χ3n) is 2.37. The molecule has 0 aliphatic heterocycles. The highest BCUT2D eigenvalue weighted by Crippen LogP contribution is 2.31. The minimum absolute atomic E-state index is 0.163. The van der Waals surface area contributed by atoms with Crippen molar-refractivity contribution in [2.24, 2.45) is 4.99 Å². The fourth-order valence-corrected chi connectivity index (χ4v) is 2.69. The van der Waals surface area contributed by atoms with E-state index < -0.39 is 0 Å². The summed E-state index contributed by atoms with van der Waals surface area (Å²) in [6, 6.07) is 7.37. The molecule has 0 spiro atoms. The Morgan fingerprint density at radius 1 is 1.33 bits per heavy atom. The molecule has 0 fully saturated rings. The number of rotatable bonds is 2. The number of aryl methyl sites for hydroxylation is 1. The lowest BCUT2D eigenvalue weighted by Gasteiger charge is -2.03. The maximum absolute atomic E-state index is 9.89. The standard InChI is InChI=1S/C13H10Br2N2O/c1-8-3-2-4-16-13(8)17-7-9-5-10(14)6-11(15)12(9)18/h2-7,18H,1H3. The Hall–Kier alpha value is -1.20. The Balaban J connectivity index is 2.38. The minimum Gasteiger partial charge on any atom is -0.506 e. The van der Waals surface area contributed by atoms with Gasteiger partial charge in [0.05, 0.1) is 4.47 Å². The number of phenolic OH excluding ortho intramolecular Hbond substituents is 1. The molecule has 2 rings (SSSR count). The van der Waals surface area contributed by atoms with Crippen molar-refractivity contribution >= 4 is 43.9 Å². The monoisotopic (exact) mass is 368 g/mol. The Labute approximate surface area is 122 Å². The van der Waals surface area contributed by atoms with Crippen LogP contribution in [0.2, 0.25) is 0 Å². The second-order valence-electron chi connectivity index (χ2n) is 3.73. The molecule has 1 heterocycles. The molecular formula is C13H10Br2N2O. The van der Waals surface area contributed by atoms with Crippen LogP contribution in [0.15, 0.2) is 44.4 Å². The Morgan fingerprint density at radius 2 is 2.11 bits per heavy atom. The van der Waals surface area contributed by atoms with E-state index in [1.165, 1.54) is 0 Å². The van der Waals surface area contributed by atoms with E-state index in [0.29, 0.717) is 15.9 Å². The molecule has 0 radical (unpaired) electrons. The van der Waals surface area contributed by atoms with E-state index in [1.807, 2.05) is 19.1 Å². The van der Waals surface area contributed by atoms with Crippen molar-refractivity contribution in [3.05, 3.63) is 50.5 Å². The van der Waals surface area contributed by atoms with E-state index in [0.717, 1.165) is 10.0 Å². The number of hydrogen-bond donors (Lipinski definition) is 1. The predicted molar refractivity (Wildman–Crippen MR) is 79.7 cm³/mol. The highest BCUT2D eigenvalue weighted by Gasteiger charge is 2.05. The topological polar surface area (TPSA) is 45.5 Å². The summed E-state index contributed by atoms with van der Waals surface area (Å²) in [5, 5.41) is 9.89. The molecule has 0 bridgehead atoms. The van der Waals surface area contributed by atoms with Crippen LogP contribution in [0.4, 0.5) is 5.82 Å². The molecule has 1 aromatic carbocycles. The molecule has 0 saturated carbocycles. The highest BCUT2D eigenvalue weighted by atomic mass is 79.9. The normalized spacial score (nSPS) is 11.1. The molecular weight excluding hydrogens is 360 g/mol. The Bertz CT molecular complexity index is 612. The number of nitrogens with zero attached hydrogens (tertiary/aromatic N) is 2. The molecule has 92 valence electrons. The van der Waals surface area contributed by atoms with Gasteiger partial charge in [-0.3, -0.25) is 0 Å². The van der Waals surface area contributed by atoms with Gasteiger partial charge >= 0.3 is 0 Å². The summed E-state index contributed by atoms with van der Waals surface area (Å²) < 4.78 is 1.49. The molecule has 2 aromatic rings. The van der Waals surface area contributed by atoms with Gasteiger partial charge in [0, 0.05) is 22.4 Å². The molecule has 18 heavy (non-hydrogen) atoms. The fraction of sp³-hybridized carbons (Fsp3) is 0.0769. The summed E-state index contributed by atoms with van der Waals surface area (Å²) in [5.41, 5.74) is 1.61. The van der Waals surface area contributed by atoms with E-state index in [9.17, 15) is 5.11 Å². The van der Waals surface area contributed by atoms with Gasteiger partial charge in [-0.05, 0) is 46.6 Å². The van der Waals surface area contributed by atoms with Crippen molar-refractivity contribution in [3.8, 4) is 5.75 Å². The predicted octanol–water partition coefficient (Wildman–Crippen LogP) is 4.37. The maximum Gasteiger partial charge on any atom is 0.154 e. The average molecular weight is 370 g/mol.